The Labute approximate surface area is 121 Å². The highest BCUT2D eigenvalue weighted by Crippen LogP contribution is 2.28. The van der Waals surface area contributed by atoms with E-state index < -0.39 is 5.97 Å². The van der Waals surface area contributed by atoms with Gasteiger partial charge in [0.2, 0.25) is 0 Å². The van der Waals surface area contributed by atoms with E-state index in [2.05, 4.69) is 5.32 Å². The van der Waals surface area contributed by atoms with Crippen LogP contribution in [0.1, 0.15) is 28.9 Å². The molecule has 2 aromatic rings. The maximum absolute atomic E-state index is 13.7. The first-order valence-electron chi connectivity index (χ1n) is 6.03. The van der Waals surface area contributed by atoms with Gasteiger partial charge in [0.25, 0.3) is 0 Å². The van der Waals surface area contributed by atoms with Crippen molar-refractivity contribution >= 4 is 23.3 Å². The van der Waals surface area contributed by atoms with Crippen LogP contribution in [-0.2, 0) is 0 Å². The minimum absolute atomic E-state index is 0.0163. The number of benzene rings is 2. The number of anilines is 1. The highest BCUT2D eigenvalue weighted by molar-refractivity contribution is 6.34. The van der Waals surface area contributed by atoms with Crippen molar-refractivity contribution in [3.05, 3.63) is 64.4 Å². The zero-order valence-corrected chi connectivity index (χ0v) is 11.5. The maximum Gasteiger partial charge on any atom is 0.339 e. The number of rotatable bonds is 4. The Balaban J connectivity index is 2.33. The standard InChI is InChI=1S/C15H13ClFNO2/c1-9(10-5-2-3-7-12(10)17)18-13-8-4-6-11(16)14(13)15(19)20/h2-9,18H,1H3,(H,19,20). The molecule has 20 heavy (non-hydrogen) atoms. The molecule has 0 aromatic heterocycles. The second-order valence-electron chi connectivity index (χ2n) is 4.36. The van der Waals surface area contributed by atoms with Gasteiger partial charge in [-0.2, -0.15) is 0 Å². The topological polar surface area (TPSA) is 49.3 Å². The minimum Gasteiger partial charge on any atom is -0.478 e. The summed E-state index contributed by atoms with van der Waals surface area (Å²) in [6.45, 7) is 1.75. The van der Waals surface area contributed by atoms with Crippen LogP contribution in [0.5, 0.6) is 0 Å². The van der Waals surface area contributed by atoms with E-state index in [1.165, 1.54) is 12.1 Å². The molecule has 2 aromatic carbocycles. The van der Waals surface area contributed by atoms with Gasteiger partial charge in [-0.3, -0.25) is 0 Å². The molecule has 0 saturated carbocycles. The fourth-order valence-electron chi connectivity index (χ4n) is 2.00. The highest BCUT2D eigenvalue weighted by Gasteiger charge is 2.17. The second-order valence-corrected chi connectivity index (χ2v) is 4.76. The first-order valence-corrected chi connectivity index (χ1v) is 6.41. The summed E-state index contributed by atoms with van der Waals surface area (Å²) in [4.78, 5) is 11.2. The van der Waals surface area contributed by atoms with E-state index in [4.69, 9.17) is 11.6 Å². The van der Waals surface area contributed by atoms with Crippen LogP contribution in [0.15, 0.2) is 42.5 Å². The number of hydrogen-bond donors (Lipinski definition) is 2. The first kappa shape index (κ1) is 14.3. The van der Waals surface area contributed by atoms with Crippen molar-refractivity contribution in [1.82, 2.24) is 0 Å². The predicted molar refractivity (Wildman–Crippen MR) is 76.8 cm³/mol. The number of carboxylic acid groups (broad SMARTS) is 1. The average Bonchev–Trinajstić information content (AvgIpc) is 2.38. The molecule has 0 spiro atoms. The number of halogens is 2. The fourth-order valence-corrected chi connectivity index (χ4v) is 2.25. The summed E-state index contributed by atoms with van der Waals surface area (Å²) in [7, 11) is 0. The van der Waals surface area contributed by atoms with Gasteiger partial charge in [0.1, 0.15) is 11.4 Å². The highest BCUT2D eigenvalue weighted by atomic mass is 35.5. The van der Waals surface area contributed by atoms with Crippen molar-refractivity contribution in [3.8, 4) is 0 Å². The molecule has 0 bridgehead atoms. The lowest BCUT2D eigenvalue weighted by Gasteiger charge is -2.18. The second kappa shape index (κ2) is 5.92. The van der Waals surface area contributed by atoms with E-state index in [0.29, 0.717) is 11.3 Å². The summed E-state index contributed by atoms with van der Waals surface area (Å²) in [5.74, 6) is -1.47. The van der Waals surface area contributed by atoms with E-state index >= 15 is 0 Å². The van der Waals surface area contributed by atoms with Crippen molar-refractivity contribution in [3.63, 3.8) is 0 Å². The van der Waals surface area contributed by atoms with E-state index in [1.807, 2.05) is 0 Å². The Hall–Kier alpha value is -2.07. The molecule has 1 unspecified atom stereocenters. The quantitative estimate of drug-likeness (QED) is 0.881. The third-order valence-corrected chi connectivity index (χ3v) is 3.29. The Kier molecular flexibility index (Phi) is 4.25. The molecule has 104 valence electrons. The summed E-state index contributed by atoms with van der Waals surface area (Å²) < 4.78 is 13.7. The van der Waals surface area contributed by atoms with E-state index in [1.54, 1.807) is 37.3 Å². The Morgan fingerprint density at radius 1 is 1.25 bits per heavy atom. The van der Waals surface area contributed by atoms with Crippen molar-refractivity contribution in [2.45, 2.75) is 13.0 Å². The molecular formula is C15H13ClFNO2. The van der Waals surface area contributed by atoms with Crippen LogP contribution >= 0.6 is 11.6 Å². The van der Waals surface area contributed by atoms with Crippen LogP contribution in [0.25, 0.3) is 0 Å². The molecule has 2 N–H and O–H groups in total. The molecular weight excluding hydrogens is 281 g/mol. The van der Waals surface area contributed by atoms with Gasteiger partial charge >= 0.3 is 5.97 Å². The van der Waals surface area contributed by atoms with E-state index in [0.717, 1.165) is 0 Å². The summed E-state index contributed by atoms with van der Waals surface area (Å²) in [5, 5.41) is 12.3. The normalized spacial score (nSPS) is 11.9. The van der Waals surface area contributed by atoms with Gasteiger partial charge in [0, 0.05) is 5.56 Å². The minimum atomic E-state index is -1.13. The number of carbonyl (C=O) groups is 1. The first-order chi connectivity index (χ1) is 9.50. The smallest absolute Gasteiger partial charge is 0.339 e. The zero-order valence-electron chi connectivity index (χ0n) is 10.7. The van der Waals surface area contributed by atoms with Gasteiger partial charge in [-0.1, -0.05) is 35.9 Å². The summed E-state index contributed by atoms with van der Waals surface area (Å²) in [5.41, 5.74) is 0.807. The average molecular weight is 294 g/mol. The zero-order chi connectivity index (χ0) is 14.7. The van der Waals surface area contributed by atoms with Crippen molar-refractivity contribution in [2.75, 3.05) is 5.32 Å². The fraction of sp³-hybridized carbons (Fsp3) is 0.133. The van der Waals surface area contributed by atoms with Crippen LogP contribution in [0, 0.1) is 5.82 Å². The SMILES string of the molecule is CC(Nc1cccc(Cl)c1C(=O)O)c1ccccc1F. The largest absolute Gasteiger partial charge is 0.478 e. The molecule has 0 aliphatic carbocycles. The van der Waals surface area contributed by atoms with Crippen molar-refractivity contribution in [1.29, 1.82) is 0 Å². The van der Waals surface area contributed by atoms with E-state index in [9.17, 15) is 14.3 Å². The number of carboxylic acids is 1. The molecule has 1 atom stereocenters. The molecule has 2 rings (SSSR count). The lowest BCUT2D eigenvalue weighted by atomic mass is 10.1. The lowest BCUT2D eigenvalue weighted by molar-refractivity contribution is 0.0698. The van der Waals surface area contributed by atoms with Crippen LogP contribution in [-0.4, -0.2) is 11.1 Å². The lowest BCUT2D eigenvalue weighted by Crippen LogP contribution is -2.12. The molecule has 0 aliphatic heterocycles. The third-order valence-electron chi connectivity index (χ3n) is 2.97. The monoisotopic (exact) mass is 293 g/mol. The van der Waals surface area contributed by atoms with Crippen LogP contribution in [0.4, 0.5) is 10.1 Å². The summed E-state index contributed by atoms with van der Waals surface area (Å²) in [6, 6.07) is 10.7. The van der Waals surface area contributed by atoms with Crippen molar-refractivity contribution in [2.24, 2.45) is 0 Å². The number of aromatic carboxylic acids is 1. The molecule has 0 radical (unpaired) electrons. The molecule has 0 amide bonds. The van der Waals surface area contributed by atoms with E-state index in [-0.39, 0.29) is 22.4 Å². The maximum atomic E-state index is 13.7. The number of nitrogens with one attached hydrogen (secondary N) is 1. The predicted octanol–water partition coefficient (Wildman–Crippen LogP) is 4.35. The molecule has 0 saturated heterocycles. The molecule has 0 fully saturated rings. The van der Waals surface area contributed by atoms with Crippen LogP contribution < -0.4 is 5.32 Å². The van der Waals surface area contributed by atoms with Gasteiger partial charge in [0.15, 0.2) is 0 Å². The number of hydrogen-bond acceptors (Lipinski definition) is 2. The van der Waals surface area contributed by atoms with Gasteiger partial charge < -0.3 is 10.4 Å². The van der Waals surface area contributed by atoms with Crippen molar-refractivity contribution < 1.29 is 14.3 Å². The molecule has 5 heteroatoms. The molecule has 0 aliphatic rings. The third kappa shape index (κ3) is 2.91. The summed E-state index contributed by atoms with van der Waals surface area (Å²) >= 11 is 5.89. The molecule has 3 nitrogen and oxygen atoms in total. The van der Waals surface area contributed by atoms with Gasteiger partial charge in [-0.25, -0.2) is 9.18 Å². The van der Waals surface area contributed by atoms with Crippen LogP contribution in [0.3, 0.4) is 0 Å². The Morgan fingerprint density at radius 3 is 2.60 bits per heavy atom. The Bertz CT molecular complexity index is 646. The van der Waals surface area contributed by atoms with Gasteiger partial charge in [-0.05, 0) is 25.1 Å². The van der Waals surface area contributed by atoms with Crippen LogP contribution in [0.2, 0.25) is 5.02 Å². The molecule has 0 heterocycles. The summed E-state index contributed by atoms with van der Waals surface area (Å²) in [6.07, 6.45) is 0. The van der Waals surface area contributed by atoms with Gasteiger partial charge in [-0.15, -0.1) is 0 Å². The Morgan fingerprint density at radius 2 is 1.95 bits per heavy atom. The van der Waals surface area contributed by atoms with Gasteiger partial charge in [0.05, 0.1) is 16.8 Å².